The van der Waals surface area contributed by atoms with E-state index < -0.39 is 0 Å². The van der Waals surface area contributed by atoms with Gasteiger partial charge in [-0.05, 0) is 42.6 Å². The van der Waals surface area contributed by atoms with E-state index in [4.69, 9.17) is 11.6 Å². The SMILES string of the molecule is CCCNC(CC)c1ccn(Cc2ccccc2Cl)c1. The molecule has 2 nitrogen and oxygen atoms in total. The minimum Gasteiger partial charge on any atom is -0.350 e. The van der Waals surface area contributed by atoms with E-state index in [1.165, 1.54) is 5.56 Å². The molecular formula is C17H23ClN2. The lowest BCUT2D eigenvalue weighted by Gasteiger charge is -2.15. The first-order valence-electron chi connectivity index (χ1n) is 7.37. The van der Waals surface area contributed by atoms with Gasteiger partial charge in [0, 0.05) is 30.0 Å². The average molecular weight is 291 g/mol. The maximum Gasteiger partial charge on any atom is 0.0485 e. The van der Waals surface area contributed by atoms with Crippen molar-refractivity contribution in [1.29, 1.82) is 0 Å². The molecule has 0 saturated carbocycles. The molecule has 1 aromatic carbocycles. The van der Waals surface area contributed by atoms with E-state index in [0.717, 1.165) is 36.5 Å². The third-order valence-corrected chi connectivity index (χ3v) is 3.90. The molecule has 0 aliphatic carbocycles. The van der Waals surface area contributed by atoms with Crippen LogP contribution >= 0.6 is 11.6 Å². The fourth-order valence-electron chi connectivity index (χ4n) is 2.40. The molecule has 0 fully saturated rings. The molecule has 0 saturated heterocycles. The fraction of sp³-hybridized carbons (Fsp3) is 0.412. The quantitative estimate of drug-likeness (QED) is 0.786. The summed E-state index contributed by atoms with van der Waals surface area (Å²) in [6.45, 7) is 6.30. The molecule has 1 aromatic heterocycles. The van der Waals surface area contributed by atoms with Crippen molar-refractivity contribution in [3.05, 3.63) is 58.9 Å². The summed E-state index contributed by atoms with van der Waals surface area (Å²) in [6, 6.07) is 10.7. The molecule has 0 spiro atoms. The summed E-state index contributed by atoms with van der Waals surface area (Å²) in [5.74, 6) is 0. The van der Waals surface area contributed by atoms with Crippen LogP contribution in [0.2, 0.25) is 5.02 Å². The molecule has 108 valence electrons. The van der Waals surface area contributed by atoms with Gasteiger partial charge in [-0.2, -0.15) is 0 Å². The molecule has 20 heavy (non-hydrogen) atoms. The third kappa shape index (κ3) is 3.87. The molecular weight excluding hydrogens is 268 g/mol. The molecule has 1 heterocycles. The number of halogens is 1. The van der Waals surface area contributed by atoms with Crippen molar-refractivity contribution in [2.24, 2.45) is 0 Å². The largest absolute Gasteiger partial charge is 0.350 e. The van der Waals surface area contributed by atoms with Gasteiger partial charge >= 0.3 is 0 Å². The van der Waals surface area contributed by atoms with Crippen LogP contribution in [0.4, 0.5) is 0 Å². The van der Waals surface area contributed by atoms with Gasteiger partial charge in [0.05, 0.1) is 0 Å². The van der Waals surface area contributed by atoms with Gasteiger partial charge in [-0.3, -0.25) is 0 Å². The predicted octanol–water partition coefficient (Wildman–Crippen LogP) is 4.64. The Morgan fingerprint density at radius 2 is 2.00 bits per heavy atom. The Balaban J connectivity index is 2.06. The number of rotatable bonds is 7. The van der Waals surface area contributed by atoms with E-state index in [2.05, 4.69) is 48.3 Å². The number of hydrogen-bond donors (Lipinski definition) is 1. The van der Waals surface area contributed by atoms with Gasteiger partial charge in [0.25, 0.3) is 0 Å². The molecule has 0 radical (unpaired) electrons. The lowest BCUT2D eigenvalue weighted by Crippen LogP contribution is -2.21. The average Bonchev–Trinajstić information content (AvgIpc) is 2.91. The van der Waals surface area contributed by atoms with E-state index >= 15 is 0 Å². The van der Waals surface area contributed by atoms with Crippen molar-refractivity contribution >= 4 is 11.6 Å². The van der Waals surface area contributed by atoms with E-state index in [9.17, 15) is 0 Å². The summed E-state index contributed by atoms with van der Waals surface area (Å²) >= 11 is 6.21. The monoisotopic (exact) mass is 290 g/mol. The summed E-state index contributed by atoms with van der Waals surface area (Å²) in [5.41, 5.74) is 2.51. The van der Waals surface area contributed by atoms with Gasteiger partial charge in [-0.1, -0.05) is 43.6 Å². The fourth-order valence-corrected chi connectivity index (χ4v) is 2.60. The van der Waals surface area contributed by atoms with Crippen LogP contribution in [-0.4, -0.2) is 11.1 Å². The van der Waals surface area contributed by atoms with Crippen molar-refractivity contribution in [1.82, 2.24) is 9.88 Å². The Labute approximate surface area is 126 Å². The predicted molar refractivity (Wildman–Crippen MR) is 86.3 cm³/mol. The second kappa shape index (κ2) is 7.51. The first-order chi connectivity index (χ1) is 9.74. The van der Waals surface area contributed by atoms with E-state index in [1.807, 2.05) is 18.2 Å². The zero-order chi connectivity index (χ0) is 14.4. The summed E-state index contributed by atoms with van der Waals surface area (Å²) in [5, 5.41) is 4.42. The Hall–Kier alpha value is -1.25. The molecule has 0 aliphatic heterocycles. The highest BCUT2D eigenvalue weighted by atomic mass is 35.5. The van der Waals surface area contributed by atoms with Crippen LogP contribution in [0, 0.1) is 0 Å². The van der Waals surface area contributed by atoms with Crippen LogP contribution in [0.15, 0.2) is 42.7 Å². The van der Waals surface area contributed by atoms with E-state index in [1.54, 1.807) is 0 Å². The first-order valence-corrected chi connectivity index (χ1v) is 7.74. The van der Waals surface area contributed by atoms with Gasteiger partial charge in [-0.15, -0.1) is 0 Å². The van der Waals surface area contributed by atoms with Gasteiger partial charge in [0.2, 0.25) is 0 Å². The number of nitrogens with one attached hydrogen (secondary N) is 1. The molecule has 1 unspecified atom stereocenters. The number of aromatic nitrogens is 1. The smallest absolute Gasteiger partial charge is 0.0485 e. The van der Waals surface area contributed by atoms with E-state index in [-0.39, 0.29) is 0 Å². The van der Waals surface area contributed by atoms with Crippen LogP contribution in [0.25, 0.3) is 0 Å². The maximum absolute atomic E-state index is 6.21. The molecule has 2 rings (SSSR count). The first kappa shape index (κ1) is 15.1. The van der Waals surface area contributed by atoms with E-state index in [0.29, 0.717) is 6.04 Å². The molecule has 0 amide bonds. The Morgan fingerprint density at radius 3 is 2.70 bits per heavy atom. The van der Waals surface area contributed by atoms with Crippen molar-refractivity contribution in [2.75, 3.05) is 6.54 Å². The van der Waals surface area contributed by atoms with Crippen LogP contribution in [0.1, 0.15) is 43.9 Å². The van der Waals surface area contributed by atoms with Crippen LogP contribution in [0.3, 0.4) is 0 Å². The molecule has 1 N–H and O–H groups in total. The second-order valence-electron chi connectivity index (χ2n) is 5.12. The van der Waals surface area contributed by atoms with Gasteiger partial charge < -0.3 is 9.88 Å². The normalized spacial score (nSPS) is 12.6. The molecule has 0 aliphatic rings. The minimum absolute atomic E-state index is 0.447. The highest BCUT2D eigenvalue weighted by Crippen LogP contribution is 2.20. The van der Waals surface area contributed by atoms with Crippen LogP contribution < -0.4 is 5.32 Å². The number of hydrogen-bond acceptors (Lipinski definition) is 1. The Morgan fingerprint density at radius 1 is 1.20 bits per heavy atom. The molecule has 0 bridgehead atoms. The summed E-state index contributed by atoms with van der Waals surface area (Å²) < 4.78 is 2.20. The lowest BCUT2D eigenvalue weighted by molar-refractivity contribution is 0.517. The van der Waals surface area contributed by atoms with Crippen molar-refractivity contribution < 1.29 is 0 Å². The van der Waals surface area contributed by atoms with Crippen molar-refractivity contribution in [2.45, 2.75) is 39.3 Å². The standard InChI is InChI=1S/C17H23ClN2/c1-3-10-19-17(4-2)15-9-11-20(13-15)12-14-7-5-6-8-16(14)18/h5-9,11,13,17,19H,3-4,10,12H2,1-2H3. The second-order valence-corrected chi connectivity index (χ2v) is 5.53. The number of nitrogens with zero attached hydrogens (tertiary/aromatic N) is 1. The van der Waals surface area contributed by atoms with Gasteiger partial charge in [-0.25, -0.2) is 0 Å². The van der Waals surface area contributed by atoms with Gasteiger partial charge in [0.1, 0.15) is 0 Å². The summed E-state index contributed by atoms with van der Waals surface area (Å²) in [6.07, 6.45) is 6.63. The summed E-state index contributed by atoms with van der Waals surface area (Å²) in [4.78, 5) is 0. The van der Waals surface area contributed by atoms with Gasteiger partial charge in [0.15, 0.2) is 0 Å². The maximum atomic E-state index is 6.21. The van der Waals surface area contributed by atoms with Crippen LogP contribution in [-0.2, 0) is 6.54 Å². The zero-order valence-corrected chi connectivity index (χ0v) is 13.0. The Kier molecular flexibility index (Phi) is 5.69. The van der Waals surface area contributed by atoms with Crippen molar-refractivity contribution in [3.8, 4) is 0 Å². The Bertz CT molecular complexity index is 533. The summed E-state index contributed by atoms with van der Waals surface area (Å²) in [7, 11) is 0. The molecule has 3 heteroatoms. The molecule has 1 atom stereocenters. The van der Waals surface area contributed by atoms with Crippen molar-refractivity contribution in [3.63, 3.8) is 0 Å². The van der Waals surface area contributed by atoms with Crippen LogP contribution in [0.5, 0.6) is 0 Å². The highest BCUT2D eigenvalue weighted by molar-refractivity contribution is 6.31. The lowest BCUT2D eigenvalue weighted by atomic mass is 10.1. The minimum atomic E-state index is 0.447. The highest BCUT2D eigenvalue weighted by Gasteiger charge is 2.10. The topological polar surface area (TPSA) is 17.0 Å². The molecule has 2 aromatic rings. The third-order valence-electron chi connectivity index (χ3n) is 3.54. The number of benzene rings is 1. The zero-order valence-electron chi connectivity index (χ0n) is 12.3.